The third-order valence-electron chi connectivity index (χ3n) is 6.23. The second-order valence-electron chi connectivity index (χ2n) is 8.21. The molecule has 26 heavy (non-hydrogen) atoms. The molecule has 1 saturated heterocycles. The van der Waals surface area contributed by atoms with Crippen LogP contribution in [0.2, 0.25) is 0 Å². The predicted octanol–water partition coefficient (Wildman–Crippen LogP) is 2.50. The highest BCUT2D eigenvalue weighted by Crippen LogP contribution is 2.31. The molecule has 1 heterocycles. The summed E-state index contributed by atoms with van der Waals surface area (Å²) in [6.07, 6.45) is 12.8. The van der Waals surface area contributed by atoms with Crippen molar-refractivity contribution in [3.63, 3.8) is 0 Å². The first-order valence-electron chi connectivity index (χ1n) is 10.6. The molecule has 7 heteroatoms. The maximum Gasteiger partial charge on any atom is 0.236 e. The highest BCUT2D eigenvalue weighted by molar-refractivity contribution is 7.89. The molecule has 0 aromatic heterocycles. The van der Waals surface area contributed by atoms with Gasteiger partial charge in [-0.05, 0) is 51.5 Å². The van der Waals surface area contributed by atoms with Gasteiger partial charge in [0.25, 0.3) is 0 Å². The Morgan fingerprint density at radius 2 is 1.50 bits per heavy atom. The number of hydrogen-bond donors (Lipinski definition) is 2. The van der Waals surface area contributed by atoms with Crippen LogP contribution in [0.3, 0.4) is 0 Å². The van der Waals surface area contributed by atoms with Gasteiger partial charge in [0.2, 0.25) is 15.9 Å². The van der Waals surface area contributed by atoms with E-state index in [1.807, 2.05) is 0 Å². The average molecular weight is 386 g/mol. The van der Waals surface area contributed by atoms with Gasteiger partial charge in [-0.15, -0.1) is 0 Å². The van der Waals surface area contributed by atoms with Gasteiger partial charge in [-0.25, -0.2) is 8.42 Å². The van der Waals surface area contributed by atoms with Crippen LogP contribution >= 0.6 is 0 Å². The highest BCUT2D eigenvalue weighted by atomic mass is 32.2. The van der Waals surface area contributed by atoms with Gasteiger partial charge in [0.15, 0.2) is 0 Å². The Labute approximate surface area is 158 Å². The molecular weight excluding hydrogens is 350 g/mol. The zero-order valence-electron chi connectivity index (χ0n) is 15.9. The molecule has 2 aliphatic carbocycles. The molecule has 6 nitrogen and oxygen atoms in total. The summed E-state index contributed by atoms with van der Waals surface area (Å²) >= 11 is 0. The summed E-state index contributed by atoms with van der Waals surface area (Å²) in [6.45, 7) is 0.902. The first-order chi connectivity index (χ1) is 12.6. The number of carbonyl (C=O) groups excluding carboxylic acids is 1. The standard InChI is InChI=1S/C19H35N3O3S/c23-19(21-18-13-7-8-14-20-18)15-22(16-9-3-1-4-10-16)26(24,25)17-11-5-2-6-12-17/h16-18,20H,1-15H2,(H,21,23). The molecule has 1 amide bonds. The molecular formula is C19H35N3O3S. The van der Waals surface area contributed by atoms with Gasteiger partial charge in [-0.2, -0.15) is 4.31 Å². The molecule has 2 N–H and O–H groups in total. The van der Waals surface area contributed by atoms with Gasteiger partial charge < -0.3 is 5.32 Å². The van der Waals surface area contributed by atoms with Crippen molar-refractivity contribution >= 4 is 15.9 Å². The Hall–Kier alpha value is -0.660. The van der Waals surface area contributed by atoms with E-state index in [1.54, 1.807) is 4.31 Å². The lowest BCUT2D eigenvalue weighted by atomic mass is 9.95. The van der Waals surface area contributed by atoms with Crippen molar-refractivity contribution in [2.75, 3.05) is 13.1 Å². The Bertz CT molecular complexity index is 548. The van der Waals surface area contributed by atoms with Crippen LogP contribution in [0.15, 0.2) is 0 Å². The number of rotatable bonds is 6. The monoisotopic (exact) mass is 385 g/mol. The molecule has 1 atom stereocenters. The minimum Gasteiger partial charge on any atom is -0.340 e. The lowest BCUT2D eigenvalue weighted by Gasteiger charge is -2.37. The van der Waals surface area contributed by atoms with Crippen LogP contribution in [0.5, 0.6) is 0 Å². The molecule has 1 aliphatic heterocycles. The van der Waals surface area contributed by atoms with E-state index in [0.29, 0.717) is 0 Å². The SMILES string of the molecule is O=C(CN(C1CCCCC1)S(=O)(=O)C1CCCCC1)NC1CCCCN1. The Kier molecular flexibility index (Phi) is 7.35. The lowest BCUT2D eigenvalue weighted by Crippen LogP contribution is -2.54. The summed E-state index contributed by atoms with van der Waals surface area (Å²) in [5.41, 5.74) is 0. The first-order valence-corrected chi connectivity index (χ1v) is 12.1. The van der Waals surface area contributed by atoms with Crippen molar-refractivity contribution in [1.29, 1.82) is 0 Å². The zero-order valence-corrected chi connectivity index (χ0v) is 16.7. The Morgan fingerprint density at radius 1 is 0.885 bits per heavy atom. The summed E-state index contributed by atoms with van der Waals surface area (Å²) in [4.78, 5) is 12.6. The molecule has 0 aromatic carbocycles. The molecule has 150 valence electrons. The minimum absolute atomic E-state index is 0.000687. The summed E-state index contributed by atoms with van der Waals surface area (Å²) < 4.78 is 28.3. The van der Waals surface area contributed by atoms with Crippen LogP contribution in [0.25, 0.3) is 0 Å². The van der Waals surface area contributed by atoms with Gasteiger partial charge in [-0.3, -0.25) is 10.1 Å². The van der Waals surface area contributed by atoms with E-state index in [0.717, 1.165) is 83.6 Å². The molecule has 2 saturated carbocycles. The van der Waals surface area contributed by atoms with Gasteiger partial charge in [-0.1, -0.05) is 38.5 Å². The van der Waals surface area contributed by atoms with Crippen LogP contribution in [-0.4, -0.2) is 49.2 Å². The van der Waals surface area contributed by atoms with Gasteiger partial charge in [0.05, 0.1) is 18.0 Å². The number of carbonyl (C=O) groups is 1. The number of sulfonamides is 1. The zero-order chi connectivity index (χ0) is 18.4. The molecule has 0 bridgehead atoms. The summed E-state index contributed by atoms with van der Waals surface area (Å²) in [5.74, 6) is -0.158. The third-order valence-corrected chi connectivity index (χ3v) is 8.62. The number of amides is 1. The van der Waals surface area contributed by atoms with Crippen LogP contribution < -0.4 is 10.6 Å². The maximum absolute atomic E-state index is 13.3. The highest BCUT2D eigenvalue weighted by Gasteiger charge is 2.38. The van der Waals surface area contributed by atoms with E-state index in [2.05, 4.69) is 10.6 Å². The van der Waals surface area contributed by atoms with E-state index in [9.17, 15) is 13.2 Å². The minimum atomic E-state index is -3.41. The quantitative estimate of drug-likeness (QED) is 0.736. The van der Waals surface area contributed by atoms with Crippen molar-refractivity contribution in [3.05, 3.63) is 0 Å². The van der Waals surface area contributed by atoms with E-state index in [4.69, 9.17) is 0 Å². The topological polar surface area (TPSA) is 78.5 Å². The van der Waals surface area contributed by atoms with Crippen molar-refractivity contribution in [1.82, 2.24) is 14.9 Å². The predicted molar refractivity (Wildman–Crippen MR) is 103 cm³/mol. The van der Waals surface area contributed by atoms with E-state index in [1.165, 1.54) is 6.42 Å². The normalized spacial score (nSPS) is 26.7. The summed E-state index contributed by atoms with van der Waals surface area (Å²) in [7, 11) is -3.41. The van der Waals surface area contributed by atoms with Crippen molar-refractivity contribution in [2.24, 2.45) is 0 Å². The maximum atomic E-state index is 13.3. The van der Waals surface area contributed by atoms with Crippen LogP contribution in [0.4, 0.5) is 0 Å². The first kappa shape index (κ1) is 20.1. The van der Waals surface area contributed by atoms with Crippen LogP contribution in [-0.2, 0) is 14.8 Å². The molecule has 3 aliphatic rings. The number of hydrogen-bond acceptors (Lipinski definition) is 4. The van der Waals surface area contributed by atoms with Crippen LogP contribution in [0, 0.1) is 0 Å². The number of nitrogens with one attached hydrogen (secondary N) is 2. The fraction of sp³-hybridized carbons (Fsp3) is 0.947. The van der Waals surface area contributed by atoms with Crippen molar-refractivity contribution < 1.29 is 13.2 Å². The van der Waals surface area contributed by atoms with Gasteiger partial charge >= 0.3 is 0 Å². The summed E-state index contributed by atoms with van der Waals surface area (Å²) in [5, 5.41) is 6.02. The van der Waals surface area contributed by atoms with Gasteiger partial charge in [0.1, 0.15) is 0 Å². The number of nitrogens with zero attached hydrogens (tertiary/aromatic N) is 1. The lowest BCUT2D eigenvalue weighted by molar-refractivity contribution is -0.122. The van der Waals surface area contributed by atoms with E-state index in [-0.39, 0.29) is 29.9 Å². The second-order valence-corrected chi connectivity index (χ2v) is 10.4. The Balaban J connectivity index is 1.68. The van der Waals surface area contributed by atoms with Crippen LogP contribution in [0.1, 0.15) is 83.5 Å². The fourth-order valence-electron chi connectivity index (χ4n) is 4.71. The fourth-order valence-corrected chi connectivity index (χ4v) is 6.94. The molecule has 3 rings (SSSR count). The third kappa shape index (κ3) is 5.20. The molecule has 1 unspecified atom stereocenters. The smallest absolute Gasteiger partial charge is 0.236 e. The summed E-state index contributed by atoms with van der Waals surface area (Å²) in [6, 6.07) is 0.000687. The average Bonchev–Trinajstić information content (AvgIpc) is 2.68. The molecule has 0 aromatic rings. The molecule has 3 fully saturated rings. The number of piperidine rings is 1. The molecule has 0 spiro atoms. The molecule has 0 radical (unpaired) electrons. The van der Waals surface area contributed by atoms with Crippen molar-refractivity contribution in [3.8, 4) is 0 Å². The van der Waals surface area contributed by atoms with Gasteiger partial charge in [0, 0.05) is 6.04 Å². The van der Waals surface area contributed by atoms with E-state index >= 15 is 0 Å². The Morgan fingerprint density at radius 3 is 2.12 bits per heavy atom. The van der Waals surface area contributed by atoms with E-state index < -0.39 is 10.0 Å². The largest absolute Gasteiger partial charge is 0.340 e. The van der Waals surface area contributed by atoms with Crippen molar-refractivity contribution in [2.45, 2.75) is 101 Å². The second kappa shape index (κ2) is 9.51.